The average Bonchev–Trinajstić information content (AvgIpc) is 3.37. The van der Waals surface area contributed by atoms with E-state index in [4.69, 9.17) is 9.72 Å². The highest BCUT2D eigenvalue weighted by Crippen LogP contribution is 2.42. The molecular formula is C31H36F4N6O2. The van der Waals surface area contributed by atoms with Crippen molar-refractivity contribution in [1.82, 2.24) is 14.8 Å². The van der Waals surface area contributed by atoms with Gasteiger partial charge in [0.2, 0.25) is 5.88 Å². The van der Waals surface area contributed by atoms with Gasteiger partial charge in [0.1, 0.15) is 18.2 Å². The van der Waals surface area contributed by atoms with E-state index in [0.29, 0.717) is 44.0 Å². The number of benzene rings is 1. The van der Waals surface area contributed by atoms with Crippen molar-refractivity contribution in [2.75, 3.05) is 56.2 Å². The van der Waals surface area contributed by atoms with Crippen molar-refractivity contribution in [3.05, 3.63) is 58.6 Å². The number of carbonyl (C=O) groups is 1. The lowest BCUT2D eigenvalue weighted by Crippen LogP contribution is -2.54. The smallest absolute Gasteiger partial charge is 0.418 e. The normalized spacial score (nSPS) is 21.0. The fraction of sp³-hybridized carbons (Fsp3) is 0.516. The lowest BCUT2D eigenvalue weighted by Gasteiger charge is -2.42. The summed E-state index contributed by atoms with van der Waals surface area (Å²) in [5.41, 5.74) is 1.78. The zero-order valence-corrected chi connectivity index (χ0v) is 24.7. The minimum atomic E-state index is -4.52. The first kappa shape index (κ1) is 30.6. The second kappa shape index (κ2) is 12.0. The zero-order valence-electron chi connectivity index (χ0n) is 24.7. The number of aromatic nitrogens is 1. The predicted octanol–water partition coefficient (Wildman–Crippen LogP) is 4.84. The minimum absolute atomic E-state index is 0.0908. The number of hydrogen-bond donors (Lipinski definition) is 0. The number of amides is 1. The molecule has 3 aliphatic heterocycles. The second-order valence-electron chi connectivity index (χ2n) is 11.6. The van der Waals surface area contributed by atoms with Gasteiger partial charge in [-0.25, -0.2) is 9.37 Å². The lowest BCUT2D eigenvalue weighted by atomic mass is 9.96. The van der Waals surface area contributed by atoms with Crippen molar-refractivity contribution >= 4 is 17.3 Å². The molecule has 0 N–H and O–H groups in total. The number of rotatable bonds is 6. The Labute approximate surface area is 249 Å². The molecule has 0 radical (unpaired) electrons. The standard InChI is InChI=1S/C31H36F4N6O2/c1-19-7-5-9-26(27(19)31(33,34)35)39-12-10-23-25(17-39)37-29(43-18-22-8-6-11-38(22)4)24(15-36)28(23)40-13-14-41(20(2)16-40)30(42)21(3)32/h5,7,9,20,22H,3,6,8,10-14,16-18H2,1-2,4H3/t20-,22+/m1/s1. The van der Waals surface area contributed by atoms with Crippen LogP contribution in [0.25, 0.3) is 0 Å². The van der Waals surface area contributed by atoms with Gasteiger partial charge in [0, 0.05) is 49.5 Å². The molecule has 43 heavy (non-hydrogen) atoms. The predicted molar refractivity (Wildman–Crippen MR) is 155 cm³/mol. The number of pyridine rings is 1. The molecule has 0 unspecified atom stereocenters. The van der Waals surface area contributed by atoms with Crippen LogP contribution in [0.15, 0.2) is 30.6 Å². The maximum Gasteiger partial charge on any atom is 0.418 e. The number of aryl methyl sites for hydroxylation is 1. The molecule has 1 aromatic carbocycles. The molecule has 1 aromatic heterocycles. The fourth-order valence-corrected chi connectivity index (χ4v) is 6.56. The molecule has 2 aromatic rings. The summed E-state index contributed by atoms with van der Waals surface area (Å²) < 4.78 is 62.2. The summed E-state index contributed by atoms with van der Waals surface area (Å²) in [6, 6.07) is 6.63. The Balaban J connectivity index is 1.54. The Morgan fingerprint density at radius 3 is 2.60 bits per heavy atom. The number of likely N-dealkylation sites (tertiary alicyclic amines) is 1. The van der Waals surface area contributed by atoms with Gasteiger partial charge in [0.05, 0.1) is 23.5 Å². The van der Waals surface area contributed by atoms with Crippen LogP contribution in [0.2, 0.25) is 0 Å². The number of halogens is 4. The molecule has 2 atom stereocenters. The van der Waals surface area contributed by atoms with Gasteiger partial charge in [-0.3, -0.25) is 4.79 Å². The van der Waals surface area contributed by atoms with E-state index in [-0.39, 0.29) is 47.9 Å². The summed E-state index contributed by atoms with van der Waals surface area (Å²) in [6.07, 6.45) is -2.18. The van der Waals surface area contributed by atoms with Crippen molar-refractivity contribution in [3.8, 4) is 11.9 Å². The largest absolute Gasteiger partial charge is 0.475 e. The Kier molecular flexibility index (Phi) is 8.56. The van der Waals surface area contributed by atoms with Gasteiger partial charge in [-0.1, -0.05) is 18.7 Å². The van der Waals surface area contributed by atoms with Crippen molar-refractivity contribution in [2.45, 2.75) is 57.9 Å². The number of alkyl halides is 3. The van der Waals surface area contributed by atoms with Gasteiger partial charge in [0.15, 0.2) is 5.83 Å². The molecule has 0 aliphatic carbocycles. The van der Waals surface area contributed by atoms with E-state index in [2.05, 4.69) is 17.5 Å². The Bertz CT molecular complexity index is 1460. The molecule has 1 amide bonds. The number of nitriles is 1. The van der Waals surface area contributed by atoms with E-state index in [1.807, 2.05) is 11.9 Å². The maximum atomic E-state index is 14.1. The number of likely N-dealkylation sites (N-methyl/N-ethyl adjacent to an activating group) is 1. The molecule has 0 bridgehead atoms. The number of anilines is 2. The molecular weight excluding hydrogens is 564 g/mol. The van der Waals surface area contributed by atoms with Crippen LogP contribution in [0.4, 0.5) is 28.9 Å². The topological polar surface area (TPSA) is 75.9 Å². The molecule has 12 heteroatoms. The summed E-state index contributed by atoms with van der Waals surface area (Å²) in [5, 5.41) is 10.4. The minimum Gasteiger partial charge on any atom is -0.475 e. The molecule has 0 saturated carbocycles. The number of ether oxygens (including phenoxy) is 1. The van der Waals surface area contributed by atoms with Crippen LogP contribution in [0.1, 0.15) is 47.7 Å². The van der Waals surface area contributed by atoms with Crippen LogP contribution in [-0.2, 0) is 23.9 Å². The first-order valence-corrected chi connectivity index (χ1v) is 14.5. The number of fused-ring (bicyclic) bond motifs is 1. The van der Waals surface area contributed by atoms with Gasteiger partial charge < -0.3 is 24.3 Å². The molecule has 0 spiro atoms. The van der Waals surface area contributed by atoms with E-state index in [1.54, 1.807) is 17.9 Å². The SMILES string of the molecule is C=C(F)C(=O)N1CCN(c2c(C#N)c(OC[C@@H]3CCCN3C)nc3c2CCN(c2cccc(C)c2C(F)(F)F)C3)C[C@H]1C. The quantitative estimate of drug-likeness (QED) is 0.347. The summed E-state index contributed by atoms with van der Waals surface area (Å²) >= 11 is 0. The van der Waals surface area contributed by atoms with Gasteiger partial charge >= 0.3 is 6.18 Å². The van der Waals surface area contributed by atoms with E-state index in [0.717, 1.165) is 24.9 Å². The van der Waals surface area contributed by atoms with Crippen LogP contribution >= 0.6 is 0 Å². The van der Waals surface area contributed by atoms with Crippen molar-refractivity contribution < 1.29 is 27.1 Å². The van der Waals surface area contributed by atoms with Crippen LogP contribution in [0, 0.1) is 18.3 Å². The van der Waals surface area contributed by atoms with Gasteiger partial charge in [0.25, 0.3) is 5.91 Å². The molecule has 8 nitrogen and oxygen atoms in total. The third-order valence-electron chi connectivity index (χ3n) is 8.80. The van der Waals surface area contributed by atoms with Crippen LogP contribution < -0.4 is 14.5 Å². The zero-order chi connectivity index (χ0) is 31.1. The number of hydrogen-bond acceptors (Lipinski definition) is 7. The molecule has 230 valence electrons. The summed E-state index contributed by atoms with van der Waals surface area (Å²) in [7, 11) is 2.02. The van der Waals surface area contributed by atoms with Crippen molar-refractivity contribution in [1.29, 1.82) is 5.26 Å². The van der Waals surface area contributed by atoms with Gasteiger partial charge in [-0.2, -0.15) is 18.4 Å². The lowest BCUT2D eigenvalue weighted by molar-refractivity contribution is -0.137. The Hall–Kier alpha value is -3.85. The van der Waals surface area contributed by atoms with E-state index in [9.17, 15) is 27.6 Å². The number of nitrogens with zero attached hydrogens (tertiary/aromatic N) is 6. The molecule has 2 fully saturated rings. The molecule has 2 saturated heterocycles. The molecule has 3 aliphatic rings. The molecule has 5 rings (SSSR count). The fourth-order valence-electron chi connectivity index (χ4n) is 6.56. The maximum absolute atomic E-state index is 14.1. The van der Waals surface area contributed by atoms with Crippen molar-refractivity contribution in [2.24, 2.45) is 0 Å². The Morgan fingerprint density at radius 1 is 1.21 bits per heavy atom. The van der Waals surface area contributed by atoms with E-state index in [1.165, 1.54) is 24.0 Å². The van der Waals surface area contributed by atoms with Crippen LogP contribution in [-0.4, -0.2) is 79.2 Å². The third kappa shape index (κ3) is 6.00. The highest BCUT2D eigenvalue weighted by molar-refractivity contribution is 5.91. The number of carbonyl (C=O) groups excluding carboxylic acids is 1. The second-order valence-corrected chi connectivity index (χ2v) is 11.6. The van der Waals surface area contributed by atoms with Crippen molar-refractivity contribution in [3.63, 3.8) is 0 Å². The van der Waals surface area contributed by atoms with E-state index < -0.39 is 23.5 Å². The van der Waals surface area contributed by atoms with Gasteiger partial charge in [-0.15, -0.1) is 0 Å². The van der Waals surface area contributed by atoms with Crippen LogP contribution in [0.3, 0.4) is 0 Å². The monoisotopic (exact) mass is 600 g/mol. The summed E-state index contributed by atoms with van der Waals surface area (Å²) in [4.78, 5) is 24.4. The van der Waals surface area contributed by atoms with E-state index >= 15 is 0 Å². The first-order chi connectivity index (χ1) is 20.4. The Morgan fingerprint density at radius 2 is 1.98 bits per heavy atom. The van der Waals surface area contributed by atoms with Crippen LogP contribution in [0.5, 0.6) is 5.88 Å². The molecule has 4 heterocycles. The van der Waals surface area contributed by atoms with Gasteiger partial charge in [-0.05, 0) is 58.3 Å². The summed E-state index contributed by atoms with van der Waals surface area (Å²) in [6.45, 7) is 8.95. The average molecular weight is 601 g/mol. The first-order valence-electron chi connectivity index (χ1n) is 14.5. The number of piperazine rings is 1. The third-order valence-corrected chi connectivity index (χ3v) is 8.80. The highest BCUT2D eigenvalue weighted by atomic mass is 19.4. The summed E-state index contributed by atoms with van der Waals surface area (Å²) in [5.74, 6) is -1.63. The highest BCUT2D eigenvalue weighted by Gasteiger charge is 2.39.